The van der Waals surface area contributed by atoms with Crippen LogP contribution >= 0.6 is 0 Å². The molecule has 1 aliphatic heterocycles. The summed E-state index contributed by atoms with van der Waals surface area (Å²) in [6, 6.07) is 4.60. The minimum absolute atomic E-state index is 0.000662. The molecular formula is C20H25F3N4O3S. The van der Waals surface area contributed by atoms with Crippen molar-refractivity contribution in [1.29, 1.82) is 0 Å². The highest BCUT2D eigenvalue weighted by molar-refractivity contribution is 7.89. The molecule has 1 aromatic carbocycles. The van der Waals surface area contributed by atoms with E-state index in [1.165, 1.54) is 21.3 Å². The lowest BCUT2D eigenvalue weighted by Crippen LogP contribution is -2.50. The maximum absolute atomic E-state index is 13.3. The number of aromatic nitrogens is 2. The van der Waals surface area contributed by atoms with Crippen molar-refractivity contribution in [3.05, 3.63) is 46.8 Å². The minimum atomic E-state index is -4.65. The molecule has 7 nitrogen and oxygen atoms in total. The number of carbonyl (C=O) groups is 1. The largest absolute Gasteiger partial charge is 0.417 e. The van der Waals surface area contributed by atoms with Crippen molar-refractivity contribution in [3.8, 4) is 0 Å². The number of carbonyl (C=O) groups excluding carboxylic acids is 1. The lowest BCUT2D eigenvalue weighted by atomic mass is 10.1. The van der Waals surface area contributed by atoms with Crippen molar-refractivity contribution in [1.82, 2.24) is 19.0 Å². The number of rotatable bonds is 4. The van der Waals surface area contributed by atoms with E-state index in [9.17, 15) is 26.4 Å². The standard InChI is InChI=1S/C20H25F3N4O3S/c1-13(2)27-15(4)18(14(3)24-27)31(29,30)26-11-9-25(10-12-26)19(28)16-7-5-6-8-17(16)20(21,22)23/h5-8,13H,9-12H2,1-4H3. The molecule has 1 aliphatic rings. The molecule has 11 heteroatoms. The van der Waals surface area contributed by atoms with Crippen LogP contribution < -0.4 is 0 Å². The summed E-state index contributed by atoms with van der Waals surface area (Å²) in [5.74, 6) is -0.759. The van der Waals surface area contributed by atoms with Gasteiger partial charge in [-0.05, 0) is 39.8 Å². The fraction of sp³-hybridized carbons (Fsp3) is 0.500. The number of aryl methyl sites for hydroxylation is 1. The molecule has 0 bridgehead atoms. The van der Waals surface area contributed by atoms with Gasteiger partial charge in [-0.15, -0.1) is 0 Å². The summed E-state index contributed by atoms with van der Waals surface area (Å²) >= 11 is 0. The Bertz CT molecular complexity index is 1090. The zero-order valence-corrected chi connectivity index (χ0v) is 18.6. The first-order valence-electron chi connectivity index (χ1n) is 9.87. The van der Waals surface area contributed by atoms with Gasteiger partial charge in [0, 0.05) is 32.2 Å². The van der Waals surface area contributed by atoms with Crippen LogP contribution in [0, 0.1) is 13.8 Å². The van der Waals surface area contributed by atoms with E-state index in [1.54, 1.807) is 18.5 Å². The molecule has 0 radical (unpaired) electrons. The molecule has 1 saturated heterocycles. The van der Waals surface area contributed by atoms with Crippen molar-refractivity contribution >= 4 is 15.9 Å². The summed E-state index contributed by atoms with van der Waals surface area (Å²) in [6.07, 6.45) is -4.65. The van der Waals surface area contributed by atoms with Crippen molar-refractivity contribution in [2.45, 2.75) is 44.8 Å². The van der Waals surface area contributed by atoms with Crippen molar-refractivity contribution in [2.75, 3.05) is 26.2 Å². The predicted molar refractivity (Wildman–Crippen MR) is 108 cm³/mol. The van der Waals surface area contributed by atoms with Gasteiger partial charge in [-0.3, -0.25) is 9.48 Å². The number of alkyl halides is 3. The molecule has 170 valence electrons. The summed E-state index contributed by atoms with van der Waals surface area (Å²) in [5.41, 5.74) is -0.507. The van der Waals surface area contributed by atoms with E-state index in [4.69, 9.17) is 0 Å². The highest BCUT2D eigenvalue weighted by atomic mass is 32.2. The molecule has 31 heavy (non-hydrogen) atoms. The third kappa shape index (κ3) is 4.33. The number of nitrogens with zero attached hydrogens (tertiary/aromatic N) is 4. The fourth-order valence-corrected chi connectivity index (χ4v) is 5.65. The molecule has 0 N–H and O–H groups in total. The lowest BCUT2D eigenvalue weighted by Gasteiger charge is -2.34. The average molecular weight is 459 g/mol. The van der Waals surface area contributed by atoms with E-state index in [0.29, 0.717) is 11.4 Å². The number of amides is 1. The lowest BCUT2D eigenvalue weighted by molar-refractivity contribution is -0.138. The highest BCUT2D eigenvalue weighted by Crippen LogP contribution is 2.33. The molecule has 2 heterocycles. The first kappa shape index (κ1) is 23.3. The molecule has 1 amide bonds. The van der Waals surface area contributed by atoms with Gasteiger partial charge in [0.1, 0.15) is 4.90 Å². The Morgan fingerprint density at radius 2 is 1.65 bits per heavy atom. The van der Waals surface area contributed by atoms with Gasteiger partial charge in [0.25, 0.3) is 5.91 Å². The summed E-state index contributed by atoms with van der Waals surface area (Å²) < 4.78 is 69.1. The van der Waals surface area contributed by atoms with Gasteiger partial charge in [-0.2, -0.15) is 22.6 Å². The molecule has 0 atom stereocenters. The maximum atomic E-state index is 13.3. The summed E-state index contributed by atoms with van der Waals surface area (Å²) in [6.45, 7) is 7.12. The van der Waals surface area contributed by atoms with Crippen LogP contribution in [0.25, 0.3) is 0 Å². The van der Waals surface area contributed by atoms with Crippen LogP contribution in [-0.2, 0) is 16.2 Å². The second kappa shape index (κ2) is 8.27. The third-order valence-electron chi connectivity index (χ3n) is 5.33. The second-order valence-corrected chi connectivity index (χ2v) is 9.65. The molecule has 0 spiro atoms. The van der Waals surface area contributed by atoms with E-state index in [2.05, 4.69) is 5.10 Å². The van der Waals surface area contributed by atoms with Crippen LogP contribution in [0.2, 0.25) is 0 Å². The van der Waals surface area contributed by atoms with Crippen LogP contribution in [-0.4, -0.2) is 59.5 Å². The van der Waals surface area contributed by atoms with E-state index >= 15 is 0 Å². The van der Waals surface area contributed by atoms with Gasteiger partial charge in [0.2, 0.25) is 10.0 Å². The quantitative estimate of drug-likeness (QED) is 0.705. The average Bonchev–Trinajstić information content (AvgIpc) is 3.02. The topological polar surface area (TPSA) is 75.5 Å². The first-order valence-corrected chi connectivity index (χ1v) is 11.3. The van der Waals surface area contributed by atoms with E-state index in [1.807, 2.05) is 13.8 Å². The number of sulfonamides is 1. The number of hydrogen-bond acceptors (Lipinski definition) is 4. The molecule has 3 rings (SSSR count). The Hall–Kier alpha value is -2.40. The van der Waals surface area contributed by atoms with E-state index < -0.39 is 33.2 Å². The molecule has 0 saturated carbocycles. The summed E-state index contributed by atoms with van der Waals surface area (Å²) in [4.78, 5) is 14.1. The van der Waals surface area contributed by atoms with Gasteiger partial charge >= 0.3 is 6.18 Å². The van der Waals surface area contributed by atoms with Gasteiger partial charge in [-0.1, -0.05) is 12.1 Å². The molecule has 0 aliphatic carbocycles. The summed E-state index contributed by atoms with van der Waals surface area (Å²) in [5, 5.41) is 4.33. The van der Waals surface area contributed by atoms with E-state index in [-0.39, 0.29) is 37.1 Å². The van der Waals surface area contributed by atoms with Crippen LogP contribution in [0.15, 0.2) is 29.2 Å². The number of halogens is 3. The second-order valence-electron chi connectivity index (χ2n) is 7.78. The van der Waals surface area contributed by atoms with Gasteiger partial charge in [0.15, 0.2) is 0 Å². The first-order chi connectivity index (χ1) is 14.4. The van der Waals surface area contributed by atoms with E-state index in [0.717, 1.165) is 12.1 Å². The molecule has 0 unspecified atom stereocenters. The van der Waals surface area contributed by atoms with Crippen molar-refractivity contribution in [2.24, 2.45) is 0 Å². The molecule has 1 aromatic heterocycles. The van der Waals surface area contributed by atoms with Crippen LogP contribution in [0.3, 0.4) is 0 Å². The Morgan fingerprint density at radius 1 is 1.06 bits per heavy atom. The summed E-state index contributed by atoms with van der Waals surface area (Å²) in [7, 11) is -3.85. The van der Waals surface area contributed by atoms with Crippen LogP contribution in [0.4, 0.5) is 13.2 Å². The van der Waals surface area contributed by atoms with Gasteiger partial charge in [0.05, 0.1) is 22.5 Å². The van der Waals surface area contributed by atoms with Gasteiger partial charge < -0.3 is 4.90 Å². The molecule has 1 fully saturated rings. The predicted octanol–water partition coefficient (Wildman–Crippen LogP) is 3.25. The smallest absolute Gasteiger partial charge is 0.336 e. The Kier molecular flexibility index (Phi) is 6.21. The monoisotopic (exact) mass is 458 g/mol. The molecular weight excluding hydrogens is 433 g/mol. The SMILES string of the molecule is Cc1nn(C(C)C)c(C)c1S(=O)(=O)N1CCN(C(=O)c2ccccc2C(F)(F)F)CC1. The zero-order valence-electron chi connectivity index (χ0n) is 17.8. The van der Waals surface area contributed by atoms with Crippen LogP contribution in [0.1, 0.15) is 47.2 Å². The Morgan fingerprint density at radius 3 is 2.16 bits per heavy atom. The number of benzene rings is 1. The maximum Gasteiger partial charge on any atom is 0.417 e. The molecule has 2 aromatic rings. The van der Waals surface area contributed by atoms with Gasteiger partial charge in [-0.25, -0.2) is 8.42 Å². The van der Waals surface area contributed by atoms with Crippen molar-refractivity contribution in [3.63, 3.8) is 0 Å². The zero-order chi connectivity index (χ0) is 23.1. The normalized spacial score (nSPS) is 16.2. The highest BCUT2D eigenvalue weighted by Gasteiger charge is 2.38. The number of hydrogen-bond donors (Lipinski definition) is 0. The number of piperazine rings is 1. The third-order valence-corrected chi connectivity index (χ3v) is 7.49. The minimum Gasteiger partial charge on any atom is -0.336 e. The Balaban J connectivity index is 1.80. The Labute approximate surface area is 179 Å². The van der Waals surface area contributed by atoms with Crippen LogP contribution in [0.5, 0.6) is 0 Å². The van der Waals surface area contributed by atoms with Crippen molar-refractivity contribution < 1.29 is 26.4 Å². The fourth-order valence-electron chi connectivity index (χ4n) is 3.87.